The first-order valence-electron chi connectivity index (χ1n) is 7.95. The Morgan fingerprint density at radius 3 is 2.79 bits per heavy atom. The normalized spacial score (nSPS) is 11.8. The minimum atomic E-state index is -0.431. The summed E-state index contributed by atoms with van der Waals surface area (Å²) in [7, 11) is 1.43. The minimum absolute atomic E-state index is 0.147. The summed E-state index contributed by atoms with van der Waals surface area (Å²) in [6, 6.07) is 6.31. The molecule has 0 radical (unpaired) electrons. The van der Waals surface area contributed by atoms with Crippen LogP contribution in [0.3, 0.4) is 0 Å². The number of hydrogen-bond donors (Lipinski definition) is 1. The van der Waals surface area contributed by atoms with Crippen molar-refractivity contribution in [1.29, 1.82) is 0 Å². The van der Waals surface area contributed by atoms with Crippen molar-refractivity contribution in [2.24, 2.45) is 0 Å². The maximum absolute atomic E-state index is 13.8. The number of rotatable bonds is 7. The molecule has 0 aliphatic heterocycles. The maximum atomic E-state index is 13.8. The molecule has 0 fully saturated rings. The lowest BCUT2D eigenvalue weighted by molar-refractivity contribution is 0.192. The third-order valence-electron chi connectivity index (χ3n) is 3.75. The molecule has 0 spiro atoms. The second kappa shape index (κ2) is 8.68. The number of ether oxygens (including phenoxy) is 1. The van der Waals surface area contributed by atoms with Gasteiger partial charge in [0.15, 0.2) is 11.6 Å². The van der Waals surface area contributed by atoms with Gasteiger partial charge in [0.05, 0.1) is 13.2 Å². The number of halogens is 1. The third kappa shape index (κ3) is 4.71. The molecule has 1 atom stereocenters. The molecule has 130 valence electrons. The Morgan fingerprint density at radius 1 is 1.42 bits per heavy atom. The van der Waals surface area contributed by atoms with Gasteiger partial charge < -0.3 is 15.0 Å². The molecule has 1 aromatic heterocycles. The van der Waals surface area contributed by atoms with Crippen LogP contribution in [0.2, 0.25) is 0 Å². The van der Waals surface area contributed by atoms with Crippen LogP contribution in [0, 0.1) is 5.82 Å². The summed E-state index contributed by atoms with van der Waals surface area (Å²) in [6.07, 6.45) is 0.878. The van der Waals surface area contributed by atoms with Gasteiger partial charge in [-0.05, 0) is 53.4 Å². The fourth-order valence-electron chi connectivity index (χ4n) is 2.44. The zero-order chi connectivity index (χ0) is 17.5. The minimum Gasteiger partial charge on any atom is -0.494 e. The number of benzene rings is 1. The third-order valence-corrected chi connectivity index (χ3v) is 4.48. The van der Waals surface area contributed by atoms with Crippen molar-refractivity contribution in [2.45, 2.75) is 32.9 Å². The van der Waals surface area contributed by atoms with E-state index in [1.54, 1.807) is 28.4 Å². The summed E-state index contributed by atoms with van der Waals surface area (Å²) in [5.74, 6) is -0.234. The summed E-state index contributed by atoms with van der Waals surface area (Å²) in [6.45, 7) is 5.13. The largest absolute Gasteiger partial charge is 0.494 e. The predicted octanol–water partition coefficient (Wildman–Crippen LogP) is 4.58. The molecule has 0 aliphatic carbocycles. The van der Waals surface area contributed by atoms with Gasteiger partial charge in [-0.25, -0.2) is 9.18 Å². The second-order valence-electron chi connectivity index (χ2n) is 5.62. The number of thiophene rings is 1. The summed E-state index contributed by atoms with van der Waals surface area (Å²) < 4.78 is 18.8. The second-order valence-corrected chi connectivity index (χ2v) is 6.40. The Hall–Kier alpha value is -2.08. The molecule has 4 nitrogen and oxygen atoms in total. The number of carbonyl (C=O) groups excluding carboxylic acids is 1. The van der Waals surface area contributed by atoms with E-state index >= 15 is 0 Å². The fourth-order valence-corrected chi connectivity index (χ4v) is 3.10. The van der Waals surface area contributed by atoms with Gasteiger partial charge in [-0.1, -0.05) is 13.0 Å². The highest BCUT2D eigenvalue weighted by Crippen LogP contribution is 2.22. The van der Waals surface area contributed by atoms with Crippen LogP contribution in [-0.4, -0.2) is 24.6 Å². The van der Waals surface area contributed by atoms with Gasteiger partial charge in [0.25, 0.3) is 0 Å². The Balaban J connectivity index is 2.03. The molecule has 2 rings (SSSR count). The van der Waals surface area contributed by atoms with Gasteiger partial charge in [0, 0.05) is 13.1 Å². The Kier molecular flexibility index (Phi) is 6.61. The number of nitrogens with zero attached hydrogens (tertiary/aromatic N) is 1. The Morgan fingerprint density at radius 2 is 2.21 bits per heavy atom. The molecule has 0 bridgehead atoms. The lowest BCUT2D eigenvalue weighted by atomic mass is 10.1. The van der Waals surface area contributed by atoms with Crippen LogP contribution in [0.1, 0.15) is 37.4 Å². The van der Waals surface area contributed by atoms with E-state index in [0.717, 1.165) is 12.0 Å². The average molecular weight is 350 g/mol. The highest BCUT2D eigenvalue weighted by atomic mass is 32.1. The monoisotopic (exact) mass is 350 g/mol. The van der Waals surface area contributed by atoms with Gasteiger partial charge >= 0.3 is 6.03 Å². The van der Waals surface area contributed by atoms with Crippen molar-refractivity contribution in [1.82, 2.24) is 10.2 Å². The molecule has 0 aliphatic rings. The van der Waals surface area contributed by atoms with E-state index < -0.39 is 5.82 Å². The topological polar surface area (TPSA) is 41.6 Å². The van der Waals surface area contributed by atoms with Crippen molar-refractivity contribution in [3.8, 4) is 5.75 Å². The standard InChI is InChI=1S/C18H23FN2O2S/c1-4-8-21(11-14-7-9-24-12-14)18(22)20-13(2)15-5-6-17(23-3)16(19)10-15/h5-7,9-10,12-13H,4,8,11H2,1-3H3,(H,20,22)/t13-/m1/s1. The van der Waals surface area contributed by atoms with E-state index in [1.165, 1.54) is 13.2 Å². The summed E-state index contributed by atoms with van der Waals surface area (Å²) in [5, 5.41) is 6.98. The molecule has 1 N–H and O–H groups in total. The zero-order valence-electron chi connectivity index (χ0n) is 14.2. The van der Waals surface area contributed by atoms with E-state index in [9.17, 15) is 9.18 Å². The Labute approximate surface area is 146 Å². The van der Waals surface area contributed by atoms with Crippen molar-refractivity contribution in [2.75, 3.05) is 13.7 Å². The SMILES string of the molecule is CCCN(Cc1ccsc1)C(=O)N[C@H](C)c1ccc(OC)c(F)c1. The molecule has 2 amide bonds. The van der Waals surface area contributed by atoms with Crippen molar-refractivity contribution in [3.05, 3.63) is 52.0 Å². The van der Waals surface area contributed by atoms with Crippen LogP contribution in [0.4, 0.5) is 9.18 Å². The van der Waals surface area contributed by atoms with Gasteiger partial charge in [-0.2, -0.15) is 11.3 Å². The molecular weight excluding hydrogens is 327 g/mol. The van der Waals surface area contributed by atoms with Crippen LogP contribution < -0.4 is 10.1 Å². The first kappa shape index (κ1) is 18.3. The molecular formula is C18H23FN2O2S. The van der Waals surface area contributed by atoms with Crippen LogP contribution in [0.25, 0.3) is 0 Å². The number of amides is 2. The molecule has 1 heterocycles. The maximum Gasteiger partial charge on any atom is 0.318 e. The van der Waals surface area contributed by atoms with Gasteiger partial charge in [0.1, 0.15) is 0 Å². The molecule has 0 saturated carbocycles. The van der Waals surface area contributed by atoms with Crippen LogP contribution in [0.15, 0.2) is 35.0 Å². The van der Waals surface area contributed by atoms with E-state index in [2.05, 4.69) is 5.32 Å². The fraction of sp³-hybridized carbons (Fsp3) is 0.389. The number of carbonyl (C=O) groups is 1. The predicted molar refractivity (Wildman–Crippen MR) is 94.9 cm³/mol. The molecule has 6 heteroatoms. The lowest BCUT2D eigenvalue weighted by Crippen LogP contribution is -2.41. The summed E-state index contributed by atoms with van der Waals surface area (Å²) in [4.78, 5) is 14.3. The smallest absolute Gasteiger partial charge is 0.318 e. The van der Waals surface area contributed by atoms with Crippen LogP contribution in [0.5, 0.6) is 5.75 Å². The van der Waals surface area contributed by atoms with Crippen LogP contribution in [-0.2, 0) is 6.54 Å². The van der Waals surface area contributed by atoms with Crippen molar-refractivity contribution in [3.63, 3.8) is 0 Å². The van der Waals surface area contributed by atoms with Gasteiger partial charge in [0.2, 0.25) is 0 Å². The number of methoxy groups -OCH3 is 1. The van der Waals surface area contributed by atoms with Gasteiger partial charge in [-0.3, -0.25) is 0 Å². The Bertz CT molecular complexity index is 661. The lowest BCUT2D eigenvalue weighted by Gasteiger charge is -2.25. The highest BCUT2D eigenvalue weighted by Gasteiger charge is 2.17. The van der Waals surface area contributed by atoms with E-state index in [1.807, 2.05) is 30.7 Å². The molecule has 24 heavy (non-hydrogen) atoms. The number of urea groups is 1. The molecule has 0 saturated heterocycles. The number of nitrogens with one attached hydrogen (secondary N) is 1. The van der Waals surface area contributed by atoms with E-state index in [-0.39, 0.29) is 17.8 Å². The average Bonchev–Trinajstić information content (AvgIpc) is 3.07. The summed E-state index contributed by atoms with van der Waals surface area (Å²) >= 11 is 1.62. The first-order chi connectivity index (χ1) is 11.5. The van der Waals surface area contributed by atoms with E-state index in [0.29, 0.717) is 18.7 Å². The van der Waals surface area contributed by atoms with Gasteiger partial charge in [-0.15, -0.1) is 0 Å². The van der Waals surface area contributed by atoms with Crippen molar-refractivity contribution < 1.29 is 13.9 Å². The van der Waals surface area contributed by atoms with E-state index in [4.69, 9.17) is 4.74 Å². The first-order valence-corrected chi connectivity index (χ1v) is 8.89. The zero-order valence-corrected chi connectivity index (χ0v) is 15.0. The molecule has 1 aromatic carbocycles. The van der Waals surface area contributed by atoms with Crippen LogP contribution >= 0.6 is 11.3 Å². The quantitative estimate of drug-likeness (QED) is 0.794. The number of hydrogen-bond acceptors (Lipinski definition) is 3. The summed E-state index contributed by atoms with van der Waals surface area (Å²) in [5.41, 5.74) is 1.82. The highest BCUT2D eigenvalue weighted by molar-refractivity contribution is 7.07. The molecule has 2 aromatic rings. The van der Waals surface area contributed by atoms with Crippen molar-refractivity contribution >= 4 is 17.4 Å². The molecule has 0 unspecified atom stereocenters.